The van der Waals surface area contributed by atoms with Gasteiger partial charge >= 0.3 is 0 Å². The number of amides is 1. The fourth-order valence-corrected chi connectivity index (χ4v) is 4.98. The van der Waals surface area contributed by atoms with Crippen LogP contribution in [0.4, 0.5) is 5.69 Å². The highest BCUT2D eigenvalue weighted by Crippen LogP contribution is 2.31. The second-order valence-corrected chi connectivity index (χ2v) is 9.44. The third-order valence-electron chi connectivity index (χ3n) is 4.46. The first-order valence-electron chi connectivity index (χ1n) is 9.34. The largest absolute Gasteiger partial charge is 0.486 e. The highest BCUT2D eigenvalue weighted by atomic mass is 32.2. The number of fused-ring (bicyclic) bond motifs is 1. The van der Waals surface area contributed by atoms with Crippen LogP contribution in [0.1, 0.15) is 22.8 Å². The van der Waals surface area contributed by atoms with Crippen LogP contribution in [0.2, 0.25) is 0 Å². The molecule has 0 unspecified atom stereocenters. The van der Waals surface area contributed by atoms with Gasteiger partial charge < -0.3 is 9.47 Å². The van der Waals surface area contributed by atoms with Gasteiger partial charge in [0.25, 0.3) is 15.9 Å². The van der Waals surface area contributed by atoms with Crippen molar-refractivity contribution in [3.8, 4) is 11.5 Å². The SMILES string of the molecule is CC(=NNC(=O)c1ccccc1NS(=O)(=O)c1cccs1)c1ccc2c(c1)OCCO2. The van der Waals surface area contributed by atoms with Crippen LogP contribution in [-0.4, -0.2) is 33.3 Å². The van der Waals surface area contributed by atoms with Crippen LogP contribution in [-0.2, 0) is 10.0 Å². The lowest BCUT2D eigenvalue weighted by Gasteiger charge is -2.18. The Hall–Kier alpha value is -3.37. The van der Waals surface area contributed by atoms with Gasteiger partial charge in [0.15, 0.2) is 11.5 Å². The van der Waals surface area contributed by atoms with Crippen molar-refractivity contribution >= 4 is 38.7 Å². The predicted octanol–water partition coefficient (Wildman–Crippen LogP) is 3.47. The number of rotatable bonds is 6. The van der Waals surface area contributed by atoms with Gasteiger partial charge in [-0.05, 0) is 48.7 Å². The molecular weight excluding hydrogens is 438 g/mol. The maximum absolute atomic E-state index is 12.7. The molecule has 0 spiro atoms. The maximum atomic E-state index is 12.7. The van der Waals surface area contributed by atoms with Gasteiger partial charge in [-0.1, -0.05) is 18.2 Å². The molecule has 1 amide bonds. The van der Waals surface area contributed by atoms with E-state index in [1.807, 2.05) is 6.07 Å². The van der Waals surface area contributed by atoms with Crippen molar-refractivity contribution in [1.82, 2.24) is 5.43 Å². The third kappa shape index (κ3) is 4.70. The molecule has 0 fully saturated rings. The lowest BCUT2D eigenvalue weighted by molar-refractivity contribution is 0.0955. The quantitative estimate of drug-likeness (QED) is 0.435. The van der Waals surface area contributed by atoms with Gasteiger partial charge in [-0.15, -0.1) is 11.3 Å². The Kier molecular flexibility index (Phi) is 5.92. The van der Waals surface area contributed by atoms with E-state index in [9.17, 15) is 13.2 Å². The molecular formula is C21H19N3O5S2. The van der Waals surface area contributed by atoms with E-state index in [1.54, 1.807) is 42.6 Å². The molecule has 160 valence electrons. The second kappa shape index (κ2) is 8.78. The lowest BCUT2D eigenvalue weighted by Crippen LogP contribution is -2.22. The molecule has 1 aliphatic heterocycles. The first kappa shape index (κ1) is 20.9. The highest BCUT2D eigenvalue weighted by molar-refractivity contribution is 7.94. The number of thiophene rings is 1. The van der Waals surface area contributed by atoms with Crippen molar-refractivity contribution in [2.45, 2.75) is 11.1 Å². The summed E-state index contributed by atoms with van der Waals surface area (Å²) in [6.07, 6.45) is 0. The average molecular weight is 458 g/mol. The van der Waals surface area contributed by atoms with Crippen LogP contribution < -0.4 is 19.6 Å². The van der Waals surface area contributed by atoms with Crippen LogP contribution in [0, 0.1) is 0 Å². The van der Waals surface area contributed by atoms with E-state index in [1.165, 1.54) is 18.2 Å². The van der Waals surface area contributed by atoms with Crippen molar-refractivity contribution in [3.63, 3.8) is 0 Å². The van der Waals surface area contributed by atoms with E-state index in [2.05, 4.69) is 15.2 Å². The Balaban J connectivity index is 1.51. The summed E-state index contributed by atoms with van der Waals surface area (Å²) in [4.78, 5) is 12.7. The van der Waals surface area contributed by atoms with Gasteiger partial charge in [-0.3, -0.25) is 9.52 Å². The number of para-hydroxylation sites is 1. The minimum atomic E-state index is -3.78. The molecule has 31 heavy (non-hydrogen) atoms. The number of carbonyl (C=O) groups excluding carboxylic acids is 1. The highest BCUT2D eigenvalue weighted by Gasteiger charge is 2.19. The molecule has 3 aromatic rings. The van der Waals surface area contributed by atoms with Gasteiger partial charge in [0.05, 0.1) is 17.0 Å². The van der Waals surface area contributed by atoms with Gasteiger partial charge in [0.1, 0.15) is 17.4 Å². The molecule has 2 aromatic carbocycles. The van der Waals surface area contributed by atoms with E-state index in [-0.39, 0.29) is 15.5 Å². The van der Waals surface area contributed by atoms with Crippen LogP contribution in [0.3, 0.4) is 0 Å². The number of benzene rings is 2. The molecule has 8 nitrogen and oxygen atoms in total. The zero-order chi connectivity index (χ0) is 21.8. The molecule has 0 atom stereocenters. The van der Waals surface area contributed by atoms with Crippen molar-refractivity contribution < 1.29 is 22.7 Å². The van der Waals surface area contributed by atoms with Crippen molar-refractivity contribution in [1.29, 1.82) is 0 Å². The fraction of sp³-hybridized carbons (Fsp3) is 0.143. The number of ether oxygens (including phenoxy) is 2. The fourth-order valence-electron chi connectivity index (χ4n) is 2.91. The molecule has 0 saturated heterocycles. The summed E-state index contributed by atoms with van der Waals surface area (Å²) in [6, 6.07) is 14.9. The van der Waals surface area contributed by atoms with Crippen LogP contribution >= 0.6 is 11.3 Å². The molecule has 0 bridgehead atoms. The monoisotopic (exact) mass is 457 g/mol. The van der Waals surface area contributed by atoms with Crippen LogP contribution in [0.15, 0.2) is 69.3 Å². The molecule has 4 rings (SSSR count). The topological polar surface area (TPSA) is 106 Å². The summed E-state index contributed by atoms with van der Waals surface area (Å²) in [5.41, 5.74) is 4.12. The van der Waals surface area contributed by atoms with E-state index in [4.69, 9.17) is 9.47 Å². The standard InChI is InChI=1S/C21H19N3O5S2/c1-14(15-8-9-18-19(13-15)29-11-10-28-18)22-23-21(25)16-5-2-3-6-17(16)24-31(26,27)20-7-4-12-30-20/h2-9,12-13,24H,10-11H2,1H3,(H,23,25). The van der Waals surface area contributed by atoms with Crippen molar-refractivity contribution in [2.75, 3.05) is 17.9 Å². The van der Waals surface area contributed by atoms with Crippen molar-refractivity contribution in [3.05, 3.63) is 71.1 Å². The average Bonchev–Trinajstić information content (AvgIpc) is 3.33. The molecule has 0 radical (unpaired) electrons. The summed E-state index contributed by atoms with van der Waals surface area (Å²) in [5, 5.41) is 5.82. The predicted molar refractivity (Wildman–Crippen MR) is 119 cm³/mol. The van der Waals surface area contributed by atoms with Gasteiger partial charge in [-0.25, -0.2) is 13.8 Å². The maximum Gasteiger partial charge on any atom is 0.273 e. The number of carbonyl (C=O) groups is 1. The first-order chi connectivity index (χ1) is 14.9. The number of hydrogen-bond acceptors (Lipinski definition) is 7. The molecule has 1 aromatic heterocycles. The normalized spacial score (nSPS) is 13.5. The summed E-state index contributed by atoms with van der Waals surface area (Å²) in [5.74, 6) is 0.748. The van der Waals surface area contributed by atoms with E-state index in [0.717, 1.165) is 16.9 Å². The minimum absolute atomic E-state index is 0.154. The number of hydrogen-bond donors (Lipinski definition) is 2. The molecule has 1 aliphatic rings. The van der Waals surface area contributed by atoms with Crippen LogP contribution in [0.5, 0.6) is 11.5 Å². The van der Waals surface area contributed by atoms with Crippen LogP contribution in [0.25, 0.3) is 0 Å². The lowest BCUT2D eigenvalue weighted by atomic mass is 10.1. The molecule has 10 heteroatoms. The number of nitrogens with one attached hydrogen (secondary N) is 2. The number of anilines is 1. The Morgan fingerprint density at radius 3 is 2.58 bits per heavy atom. The first-order valence-corrected chi connectivity index (χ1v) is 11.7. The second-order valence-electron chi connectivity index (χ2n) is 6.58. The summed E-state index contributed by atoms with van der Waals surface area (Å²) < 4.78 is 38.8. The van der Waals surface area contributed by atoms with Gasteiger partial charge in [0.2, 0.25) is 0 Å². The number of hydrazone groups is 1. The Labute approximate surface area is 183 Å². The zero-order valence-electron chi connectivity index (χ0n) is 16.5. The number of nitrogens with zero attached hydrogens (tertiary/aromatic N) is 1. The van der Waals surface area contributed by atoms with Gasteiger partial charge in [0, 0.05) is 5.56 Å². The molecule has 2 N–H and O–H groups in total. The minimum Gasteiger partial charge on any atom is -0.486 e. The van der Waals surface area contributed by atoms with E-state index >= 15 is 0 Å². The van der Waals surface area contributed by atoms with E-state index < -0.39 is 15.9 Å². The Bertz CT molecular complexity index is 1240. The molecule has 0 saturated carbocycles. The summed E-state index contributed by atoms with van der Waals surface area (Å²) >= 11 is 1.09. The van der Waals surface area contributed by atoms with E-state index in [0.29, 0.717) is 30.4 Å². The van der Waals surface area contributed by atoms with Crippen molar-refractivity contribution in [2.24, 2.45) is 5.10 Å². The Morgan fingerprint density at radius 2 is 1.81 bits per heavy atom. The van der Waals surface area contributed by atoms with Gasteiger partial charge in [-0.2, -0.15) is 5.10 Å². The summed E-state index contributed by atoms with van der Waals surface area (Å²) in [7, 11) is -3.78. The molecule has 0 aliphatic carbocycles. The summed E-state index contributed by atoms with van der Waals surface area (Å²) in [6.45, 7) is 2.73. The Morgan fingerprint density at radius 1 is 1.03 bits per heavy atom. The molecule has 2 heterocycles. The zero-order valence-corrected chi connectivity index (χ0v) is 18.1. The number of sulfonamides is 1. The smallest absolute Gasteiger partial charge is 0.273 e. The third-order valence-corrected chi connectivity index (χ3v) is 7.22.